The lowest BCUT2D eigenvalue weighted by Gasteiger charge is -2.20. The zero-order valence-electron chi connectivity index (χ0n) is 14.9. The number of rotatable bonds is 5. The highest BCUT2D eigenvalue weighted by Gasteiger charge is 2.44. The molecule has 8 unspecified atom stereocenters. The second-order valence-electron chi connectivity index (χ2n) is 7.89. The molecule has 0 heterocycles. The van der Waals surface area contributed by atoms with Crippen molar-refractivity contribution >= 4 is 0 Å². The summed E-state index contributed by atoms with van der Waals surface area (Å²) in [5, 5.41) is 0. The highest BCUT2D eigenvalue weighted by molar-refractivity contribution is 5.21. The van der Waals surface area contributed by atoms with Crippen molar-refractivity contribution in [2.75, 3.05) is 0 Å². The predicted octanol–water partition coefficient (Wildman–Crippen LogP) is 6.37. The molecule has 0 nitrogen and oxygen atoms in total. The topological polar surface area (TPSA) is 0 Å². The molecule has 2 fully saturated rings. The first-order valence-corrected chi connectivity index (χ1v) is 9.57. The maximum Gasteiger partial charge on any atom is -0.0133 e. The average molecular weight is 321 g/mol. The van der Waals surface area contributed by atoms with Crippen LogP contribution in [0.25, 0.3) is 0 Å². The van der Waals surface area contributed by atoms with Gasteiger partial charge >= 0.3 is 0 Å². The van der Waals surface area contributed by atoms with E-state index in [9.17, 15) is 0 Å². The lowest BCUT2D eigenvalue weighted by Crippen LogP contribution is -2.13. The van der Waals surface area contributed by atoms with E-state index in [0.29, 0.717) is 23.7 Å². The molecule has 0 aromatic carbocycles. The third kappa shape index (κ3) is 3.04. The normalized spacial score (nSPS) is 43.8. The fourth-order valence-corrected chi connectivity index (χ4v) is 5.62. The minimum absolute atomic E-state index is 0.550. The summed E-state index contributed by atoms with van der Waals surface area (Å²) in [4.78, 5) is 0. The Bertz CT molecular complexity index is 548. The maximum atomic E-state index is 3.93. The SMILES string of the molecule is C1=CC2C3C=CC(C3)C2C1.C=CCC1C(C=C)CC(C=C)C1C=C. The van der Waals surface area contributed by atoms with Gasteiger partial charge in [-0.15, -0.1) is 26.3 Å². The van der Waals surface area contributed by atoms with Gasteiger partial charge in [-0.1, -0.05) is 48.6 Å². The lowest BCUT2D eigenvalue weighted by molar-refractivity contribution is 0.389. The molecule has 0 heteroatoms. The van der Waals surface area contributed by atoms with E-state index in [2.05, 4.69) is 68.8 Å². The molecule has 0 aliphatic heterocycles. The zero-order valence-corrected chi connectivity index (χ0v) is 14.9. The molecule has 0 spiro atoms. The van der Waals surface area contributed by atoms with Gasteiger partial charge in [0.05, 0.1) is 0 Å². The molecule has 0 aromatic heterocycles. The van der Waals surface area contributed by atoms with Crippen molar-refractivity contribution in [1.82, 2.24) is 0 Å². The van der Waals surface area contributed by atoms with Crippen LogP contribution in [-0.4, -0.2) is 0 Å². The summed E-state index contributed by atoms with van der Waals surface area (Å²) in [6.45, 7) is 15.5. The molecule has 0 aromatic rings. The molecule has 0 amide bonds. The Morgan fingerprint density at radius 1 is 0.833 bits per heavy atom. The highest BCUT2D eigenvalue weighted by Crippen LogP contribution is 2.52. The van der Waals surface area contributed by atoms with Gasteiger partial charge in [0.1, 0.15) is 0 Å². The van der Waals surface area contributed by atoms with Gasteiger partial charge in [-0.3, -0.25) is 0 Å². The lowest BCUT2D eigenvalue weighted by atomic mass is 9.84. The monoisotopic (exact) mass is 320 g/mol. The predicted molar refractivity (Wildman–Crippen MR) is 105 cm³/mol. The third-order valence-electron chi connectivity index (χ3n) is 6.85. The molecule has 2 saturated carbocycles. The van der Waals surface area contributed by atoms with Gasteiger partial charge in [-0.05, 0) is 73.0 Å². The number of hydrogen-bond donors (Lipinski definition) is 0. The summed E-state index contributed by atoms with van der Waals surface area (Å²) in [6, 6.07) is 0. The van der Waals surface area contributed by atoms with E-state index in [1.165, 1.54) is 19.3 Å². The van der Waals surface area contributed by atoms with Gasteiger partial charge < -0.3 is 0 Å². The Morgan fingerprint density at radius 3 is 2.21 bits per heavy atom. The molecule has 0 N–H and O–H groups in total. The van der Waals surface area contributed by atoms with E-state index >= 15 is 0 Å². The van der Waals surface area contributed by atoms with Gasteiger partial charge in [-0.2, -0.15) is 0 Å². The summed E-state index contributed by atoms with van der Waals surface area (Å²) >= 11 is 0. The molecule has 4 aliphatic rings. The van der Waals surface area contributed by atoms with Gasteiger partial charge in [0.25, 0.3) is 0 Å². The molecule has 0 saturated heterocycles. The first kappa shape index (κ1) is 17.3. The molecule has 4 rings (SSSR count). The fourth-order valence-electron chi connectivity index (χ4n) is 5.62. The largest absolute Gasteiger partial charge is 0.103 e. The molecular formula is C24H32. The van der Waals surface area contributed by atoms with Crippen LogP contribution < -0.4 is 0 Å². The van der Waals surface area contributed by atoms with Crippen molar-refractivity contribution in [3.8, 4) is 0 Å². The van der Waals surface area contributed by atoms with Crippen molar-refractivity contribution < 1.29 is 0 Å². The van der Waals surface area contributed by atoms with Gasteiger partial charge in [-0.25, -0.2) is 0 Å². The third-order valence-corrected chi connectivity index (χ3v) is 6.85. The Kier molecular flexibility index (Phi) is 5.43. The van der Waals surface area contributed by atoms with Crippen molar-refractivity contribution in [3.63, 3.8) is 0 Å². The zero-order chi connectivity index (χ0) is 17.1. The second-order valence-corrected chi connectivity index (χ2v) is 7.89. The molecule has 0 radical (unpaired) electrons. The van der Waals surface area contributed by atoms with Crippen molar-refractivity contribution in [3.05, 3.63) is 74.9 Å². The molecule has 2 bridgehead atoms. The van der Waals surface area contributed by atoms with Crippen LogP contribution in [0.5, 0.6) is 0 Å². The summed E-state index contributed by atoms with van der Waals surface area (Å²) in [5.74, 6) is 6.17. The van der Waals surface area contributed by atoms with Crippen LogP contribution in [-0.2, 0) is 0 Å². The Labute approximate surface area is 148 Å². The first-order valence-electron chi connectivity index (χ1n) is 9.57. The molecule has 8 atom stereocenters. The highest BCUT2D eigenvalue weighted by atomic mass is 14.5. The summed E-state index contributed by atoms with van der Waals surface area (Å²) < 4.78 is 0. The number of allylic oxidation sites excluding steroid dienone is 8. The van der Waals surface area contributed by atoms with Crippen LogP contribution in [0.2, 0.25) is 0 Å². The van der Waals surface area contributed by atoms with Crippen LogP contribution >= 0.6 is 0 Å². The van der Waals surface area contributed by atoms with Gasteiger partial charge in [0.2, 0.25) is 0 Å². The van der Waals surface area contributed by atoms with E-state index in [-0.39, 0.29) is 0 Å². The quantitative estimate of drug-likeness (QED) is 0.516. The van der Waals surface area contributed by atoms with E-state index in [1.807, 2.05) is 6.08 Å². The summed E-state index contributed by atoms with van der Waals surface area (Å²) in [6.07, 6.45) is 22.9. The number of fused-ring (bicyclic) bond motifs is 5. The van der Waals surface area contributed by atoms with Gasteiger partial charge in [0.15, 0.2) is 0 Å². The minimum atomic E-state index is 0.550. The Morgan fingerprint density at radius 2 is 1.58 bits per heavy atom. The van der Waals surface area contributed by atoms with Crippen molar-refractivity contribution in [1.29, 1.82) is 0 Å². The second kappa shape index (κ2) is 7.55. The van der Waals surface area contributed by atoms with Crippen LogP contribution in [0.3, 0.4) is 0 Å². The summed E-state index contributed by atoms with van der Waals surface area (Å²) in [5.41, 5.74) is 0. The fraction of sp³-hybridized carbons (Fsp3) is 0.500. The van der Waals surface area contributed by atoms with Crippen molar-refractivity contribution in [2.45, 2.75) is 25.7 Å². The van der Waals surface area contributed by atoms with Crippen LogP contribution in [0, 0.1) is 47.3 Å². The molecule has 4 aliphatic carbocycles. The summed E-state index contributed by atoms with van der Waals surface area (Å²) in [7, 11) is 0. The molecular weight excluding hydrogens is 288 g/mol. The molecule has 128 valence electrons. The average Bonchev–Trinajstić information content (AvgIpc) is 3.35. The van der Waals surface area contributed by atoms with Crippen molar-refractivity contribution in [2.24, 2.45) is 47.3 Å². The number of hydrogen-bond acceptors (Lipinski definition) is 0. The van der Waals surface area contributed by atoms with E-state index < -0.39 is 0 Å². The van der Waals surface area contributed by atoms with E-state index in [4.69, 9.17) is 0 Å². The molecule has 24 heavy (non-hydrogen) atoms. The standard InChI is InChI=1S/C14H20.C10H12/c1-5-9-14-12(7-3)10-11(6-2)13(14)8-4;1-2-9-7-4-5-8(6-7)10(9)3-1/h5-8,11-14H,1-4,9-10H2;1-2,4-5,7-10H,3,6H2. The van der Waals surface area contributed by atoms with Crippen LogP contribution in [0.4, 0.5) is 0 Å². The minimum Gasteiger partial charge on any atom is -0.103 e. The van der Waals surface area contributed by atoms with E-state index in [0.717, 1.165) is 30.1 Å². The smallest absolute Gasteiger partial charge is 0.0133 e. The maximum absolute atomic E-state index is 3.93. The Hall–Kier alpha value is -1.56. The first-order chi connectivity index (χ1) is 11.7. The Balaban J connectivity index is 0.000000147. The van der Waals surface area contributed by atoms with Gasteiger partial charge in [0, 0.05) is 0 Å². The van der Waals surface area contributed by atoms with E-state index in [1.54, 1.807) is 0 Å². The van der Waals surface area contributed by atoms with Crippen LogP contribution in [0.15, 0.2) is 74.9 Å². The van der Waals surface area contributed by atoms with Crippen LogP contribution in [0.1, 0.15) is 25.7 Å².